The summed E-state index contributed by atoms with van der Waals surface area (Å²) in [5.41, 5.74) is -2.56. The zero-order valence-corrected chi connectivity index (χ0v) is 22.8. The molecule has 1 unspecified atom stereocenters. The third kappa shape index (κ3) is 5.68. The molecule has 3 atom stereocenters. The van der Waals surface area contributed by atoms with Crippen molar-refractivity contribution >= 4 is 7.60 Å². The van der Waals surface area contributed by atoms with Crippen molar-refractivity contribution in [3.8, 4) is 5.75 Å². The average Bonchev–Trinajstić information content (AvgIpc) is 3.42. The van der Waals surface area contributed by atoms with Crippen LogP contribution in [0, 0.1) is 5.82 Å². The Balaban J connectivity index is 1.58. The number of aromatic nitrogens is 2. The molecule has 1 saturated heterocycles. The van der Waals surface area contributed by atoms with Crippen molar-refractivity contribution in [1.29, 1.82) is 0 Å². The molecule has 10 nitrogen and oxygen atoms in total. The highest BCUT2D eigenvalue weighted by Gasteiger charge is 2.48. The molecule has 0 saturated carbocycles. The largest absolute Gasteiger partial charge is 0.497 e. The zero-order chi connectivity index (χ0) is 29.2. The first-order valence-corrected chi connectivity index (χ1v) is 14.4. The minimum Gasteiger partial charge on any atom is -0.497 e. The molecule has 0 aliphatic carbocycles. The summed E-state index contributed by atoms with van der Waals surface area (Å²) < 4.78 is 45.3. The van der Waals surface area contributed by atoms with Crippen LogP contribution in [0.4, 0.5) is 4.39 Å². The van der Waals surface area contributed by atoms with E-state index in [-0.39, 0.29) is 13.0 Å². The highest BCUT2D eigenvalue weighted by Crippen LogP contribution is 2.52. The maximum Gasteiger partial charge on any atom is 0.331 e. The minimum atomic E-state index is -4.77. The van der Waals surface area contributed by atoms with Gasteiger partial charge in [0.2, 0.25) is 5.82 Å². The Bertz CT molecular complexity index is 1610. The molecule has 0 spiro atoms. The van der Waals surface area contributed by atoms with E-state index in [0.29, 0.717) is 11.9 Å². The van der Waals surface area contributed by atoms with Gasteiger partial charge < -0.3 is 24.0 Å². The summed E-state index contributed by atoms with van der Waals surface area (Å²) >= 11 is 0. The van der Waals surface area contributed by atoms with Gasteiger partial charge in [-0.25, -0.2) is 4.79 Å². The molecule has 2 heterocycles. The monoisotopic (exact) mass is 582 g/mol. The van der Waals surface area contributed by atoms with Crippen molar-refractivity contribution < 1.29 is 33.0 Å². The van der Waals surface area contributed by atoms with Gasteiger partial charge in [-0.05, 0) is 28.8 Å². The van der Waals surface area contributed by atoms with Gasteiger partial charge in [0, 0.05) is 6.42 Å². The van der Waals surface area contributed by atoms with Gasteiger partial charge in [-0.2, -0.15) is 4.39 Å². The molecular weight excluding hydrogens is 554 g/mol. The average molecular weight is 583 g/mol. The summed E-state index contributed by atoms with van der Waals surface area (Å²) in [5.74, 6) is -0.599. The van der Waals surface area contributed by atoms with Crippen molar-refractivity contribution in [2.45, 2.75) is 30.0 Å². The molecule has 41 heavy (non-hydrogen) atoms. The van der Waals surface area contributed by atoms with Crippen LogP contribution in [0.25, 0.3) is 0 Å². The number of hydrogen-bond donors (Lipinski definition) is 3. The van der Waals surface area contributed by atoms with Crippen LogP contribution in [-0.4, -0.2) is 44.8 Å². The van der Waals surface area contributed by atoms with Gasteiger partial charge in [-0.1, -0.05) is 72.8 Å². The van der Waals surface area contributed by atoms with Crippen LogP contribution in [0.5, 0.6) is 5.75 Å². The molecule has 1 aromatic heterocycles. The number of nitrogens with zero attached hydrogens (tertiary/aromatic N) is 1. The highest BCUT2D eigenvalue weighted by atomic mass is 31.2. The van der Waals surface area contributed by atoms with E-state index in [1.54, 1.807) is 19.2 Å². The van der Waals surface area contributed by atoms with E-state index in [2.05, 4.69) is 0 Å². The molecule has 1 fully saturated rings. The van der Waals surface area contributed by atoms with Gasteiger partial charge in [-0.15, -0.1) is 0 Å². The summed E-state index contributed by atoms with van der Waals surface area (Å²) in [6.45, 7) is -0.303. The molecule has 3 N–H and O–H groups in total. The van der Waals surface area contributed by atoms with Gasteiger partial charge in [0.1, 0.15) is 17.6 Å². The Morgan fingerprint density at radius 2 is 1.54 bits per heavy atom. The second kappa shape index (κ2) is 11.6. The molecule has 4 aromatic rings. The molecule has 1 aliphatic heterocycles. The standard InChI is InChI=1S/C29H28FN2O8P/c1-38-22-14-12-21(13-15-22)29(19-8-4-2-5-9-19,20-10-6-3-7-11-20)39-18-24-25(41(35,36)37)16-26(40-24)32-17-23(30)27(33)31-28(32)34/h2-15,17,24-26H,16,18H2,1H3,(H,31,33,34)(H2,35,36,37)/t24-,25?,26-/m0/s1. The number of aromatic amines is 1. The van der Waals surface area contributed by atoms with Crippen LogP contribution >= 0.6 is 7.60 Å². The molecule has 0 radical (unpaired) electrons. The Hall–Kier alpha value is -3.86. The second-order valence-electron chi connectivity index (χ2n) is 9.62. The quantitative estimate of drug-likeness (QED) is 0.201. The summed E-state index contributed by atoms with van der Waals surface area (Å²) in [6, 6.07) is 26.0. The fourth-order valence-corrected chi connectivity index (χ4v) is 6.24. The van der Waals surface area contributed by atoms with E-state index in [0.717, 1.165) is 21.3 Å². The van der Waals surface area contributed by atoms with Crippen LogP contribution in [-0.2, 0) is 19.6 Å². The maximum absolute atomic E-state index is 14.0. The van der Waals surface area contributed by atoms with Crippen LogP contribution in [0.1, 0.15) is 29.3 Å². The van der Waals surface area contributed by atoms with E-state index < -0.39 is 48.3 Å². The van der Waals surface area contributed by atoms with Crippen molar-refractivity contribution in [3.05, 3.63) is 134 Å². The second-order valence-corrected chi connectivity index (χ2v) is 11.5. The zero-order valence-electron chi connectivity index (χ0n) is 21.9. The van der Waals surface area contributed by atoms with E-state index in [9.17, 15) is 28.3 Å². The van der Waals surface area contributed by atoms with E-state index in [1.807, 2.05) is 77.8 Å². The number of halogens is 1. The summed E-state index contributed by atoms with van der Waals surface area (Å²) in [7, 11) is -3.22. The normalized spacial score (nSPS) is 19.3. The molecule has 5 rings (SSSR count). The van der Waals surface area contributed by atoms with Crippen LogP contribution in [0.2, 0.25) is 0 Å². The fraction of sp³-hybridized carbons (Fsp3) is 0.241. The lowest BCUT2D eigenvalue weighted by atomic mass is 9.80. The number of benzene rings is 3. The van der Waals surface area contributed by atoms with Gasteiger partial charge in [0.15, 0.2) is 0 Å². The Labute approximate surface area is 234 Å². The first-order valence-electron chi connectivity index (χ1n) is 12.7. The van der Waals surface area contributed by atoms with E-state index in [1.165, 1.54) is 0 Å². The lowest BCUT2D eigenvalue weighted by Gasteiger charge is -2.37. The van der Waals surface area contributed by atoms with Crippen LogP contribution in [0.15, 0.2) is 101 Å². The summed E-state index contributed by atoms with van der Waals surface area (Å²) in [6.07, 6.45) is -2.08. The van der Waals surface area contributed by atoms with Crippen molar-refractivity contribution in [1.82, 2.24) is 9.55 Å². The molecule has 0 amide bonds. The third-order valence-corrected chi connectivity index (χ3v) is 8.60. The number of H-pyrrole nitrogens is 1. The third-order valence-electron chi connectivity index (χ3n) is 7.19. The number of ether oxygens (including phenoxy) is 3. The van der Waals surface area contributed by atoms with Crippen molar-refractivity contribution in [2.75, 3.05) is 13.7 Å². The van der Waals surface area contributed by atoms with Gasteiger partial charge in [-0.3, -0.25) is 18.9 Å². The predicted octanol–water partition coefficient (Wildman–Crippen LogP) is 3.53. The van der Waals surface area contributed by atoms with Gasteiger partial charge in [0.25, 0.3) is 5.56 Å². The lowest BCUT2D eigenvalue weighted by Crippen LogP contribution is -2.38. The lowest BCUT2D eigenvalue weighted by molar-refractivity contribution is -0.0777. The number of hydrogen-bond acceptors (Lipinski definition) is 6. The first-order chi connectivity index (χ1) is 19.6. The molecule has 214 valence electrons. The summed E-state index contributed by atoms with van der Waals surface area (Å²) in [5, 5.41) is 0. The Kier molecular flexibility index (Phi) is 8.08. The Morgan fingerprint density at radius 3 is 2.07 bits per heavy atom. The SMILES string of the molecule is COc1ccc(C(OC[C@@H]2O[C@H](n3cc(F)c(=O)[nH]c3=O)CC2P(=O)(O)O)(c2ccccc2)c2ccccc2)cc1. The number of methoxy groups -OCH3 is 1. The topological polar surface area (TPSA) is 140 Å². The van der Waals surface area contributed by atoms with E-state index in [4.69, 9.17) is 14.2 Å². The molecule has 0 bridgehead atoms. The van der Waals surface area contributed by atoms with Gasteiger partial charge in [0.05, 0.1) is 31.7 Å². The van der Waals surface area contributed by atoms with Crippen molar-refractivity contribution in [3.63, 3.8) is 0 Å². The van der Waals surface area contributed by atoms with Crippen LogP contribution < -0.4 is 16.0 Å². The van der Waals surface area contributed by atoms with E-state index >= 15 is 0 Å². The fourth-order valence-electron chi connectivity index (χ4n) is 5.19. The highest BCUT2D eigenvalue weighted by molar-refractivity contribution is 7.52. The minimum absolute atomic E-state index is 0.303. The molecule has 12 heteroatoms. The smallest absolute Gasteiger partial charge is 0.331 e. The predicted molar refractivity (Wildman–Crippen MR) is 147 cm³/mol. The molecule has 1 aliphatic rings. The Morgan fingerprint density at radius 1 is 0.976 bits per heavy atom. The van der Waals surface area contributed by atoms with Gasteiger partial charge >= 0.3 is 13.3 Å². The number of nitrogens with one attached hydrogen (secondary N) is 1. The maximum atomic E-state index is 14.0. The molecular formula is C29H28FN2O8P. The van der Waals surface area contributed by atoms with Crippen molar-refractivity contribution in [2.24, 2.45) is 0 Å². The first kappa shape index (κ1) is 28.7. The molecule has 3 aromatic carbocycles. The van der Waals surface area contributed by atoms with Crippen LogP contribution in [0.3, 0.4) is 0 Å². The number of rotatable bonds is 9. The summed E-state index contributed by atoms with van der Waals surface area (Å²) in [4.78, 5) is 46.2.